The molecule has 0 aliphatic rings. The molecular weight excluding hydrogens is 419 g/mol. The summed E-state index contributed by atoms with van der Waals surface area (Å²) in [6.45, 7) is 0.759. The van der Waals surface area contributed by atoms with Crippen LogP contribution < -0.4 is 0 Å². The zero-order valence-corrected chi connectivity index (χ0v) is 17.2. The third kappa shape index (κ3) is 4.12. The normalized spacial score (nSPS) is 12.4. The van der Waals surface area contributed by atoms with Gasteiger partial charge in [0.2, 0.25) is 0 Å². The van der Waals surface area contributed by atoms with Gasteiger partial charge < -0.3 is 4.57 Å². The molecule has 0 saturated carbocycles. The van der Waals surface area contributed by atoms with Gasteiger partial charge in [-0.05, 0) is 28.5 Å². The van der Waals surface area contributed by atoms with Crippen LogP contribution in [0, 0.1) is 0 Å². The van der Waals surface area contributed by atoms with Crippen molar-refractivity contribution in [1.82, 2.24) is 9.55 Å². The van der Waals surface area contributed by atoms with E-state index in [9.17, 15) is 0 Å². The monoisotopic (exact) mass is 432 g/mol. The Morgan fingerprint density at radius 1 is 0.926 bits per heavy atom. The summed E-state index contributed by atoms with van der Waals surface area (Å²) in [4.78, 5) is 5.08. The molecule has 2 nitrogen and oxygen atoms in total. The standard InChI is InChI=1S/C21H15Cl3N2S/c22-17-10-19(24)20(11-18(17)23)27-21(12-26-9-8-25-13-26)16-7-3-5-14-4-1-2-6-15(14)16/h1-11,13,21H,12H2. The van der Waals surface area contributed by atoms with Gasteiger partial charge in [-0.3, -0.25) is 0 Å². The van der Waals surface area contributed by atoms with Gasteiger partial charge in [0, 0.05) is 23.8 Å². The van der Waals surface area contributed by atoms with E-state index >= 15 is 0 Å². The van der Waals surface area contributed by atoms with Gasteiger partial charge in [0.15, 0.2) is 0 Å². The SMILES string of the molecule is Clc1cc(Cl)c(SC(Cn2ccnc2)c2cccc3ccccc23)cc1Cl. The second kappa shape index (κ2) is 8.15. The summed E-state index contributed by atoms with van der Waals surface area (Å²) in [5.41, 5.74) is 1.24. The minimum atomic E-state index is 0.125. The van der Waals surface area contributed by atoms with E-state index in [1.165, 1.54) is 16.3 Å². The lowest BCUT2D eigenvalue weighted by molar-refractivity contribution is 0.686. The molecule has 6 heteroatoms. The van der Waals surface area contributed by atoms with Gasteiger partial charge in [0.05, 0.1) is 26.6 Å². The van der Waals surface area contributed by atoms with Crippen molar-refractivity contribution >= 4 is 57.3 Å². The predicted molar refractivity (Wildman–Crippen MR) is 116 cm³/mol. The fourth-order valence-corrected chi connectivity index (χ4v) is 5.05. The third-order valence-corrected chi connectivity index (χ3v) is 6.78. The number of rotatable bonds is 5. The van der Waals surface area contributed by atoms with Crippen molar-refractivity contribution in [3.05, 3.63) is 93.9 Å². The van der Waals surface area contributed by atoms with Gasteiger partial charge in [0.1, 0.15) is 0 Å². The molecule has 0 aliphatic carbocycles. The van der Waals surface area contributed by atoms with E-state index in [1.807, 2.05) is 18.6 Å². The number of nitrogens with zero attached hydrogens (tertiary/aromatic N) is 2. The first-order valence-corrected chi connectivity index (χ1v) is 10.4. The first-order valence-electron chi connectivity index (χ1n) is 8.36. The minimum Gasteiger partial charge on any atom is -0.336 e. The van der Waals surface area contributed by atoms with Crippen LogP contribution in [0.2, 0.25) is 15.1 Å². The highest BCUT2D eigenvalue weighted by Crippen LogP contribution is 2.44. The van der Waals surface area contributed by atoms with E-state index in [-0.39, 0.29) is 5.25 Å². The fourth-order valence-electron chi connectivity index (χ4n) is 3.06. The molecule has 4 aromatic rings. The Kier molecular flexibility index (Phi) is 5.65. The maximum atomic E-state index is 6.45. The molecule has 0 saturated heterocycles. The maximum Gasteiger partial charge on any atom is 0.0946 e. The van der Waals surface area contributed by atoms with E-state index < -0.39 is 0 Å². The Bertz CT molecular complexity index is 1070. The summed E-state index contributed by atoms with van der Waals surface area (Å²) in [5.74, 6) is 0. The maximum absolute atomic E-state index is 6.45. The third-order valence-electron chi connectivity index (χ3n) is 4.35. The lowest BCUT2D eigenvalue weighted by atomic mass is 10.0. The average molecular weight is 434 g/mol. The summed E-state index contributed by atoms with van der Waals surface area (Å²) < 4.78 is 2.07. The van der Waals surface area contributed by atoms with Gasteiger partial charge in [-0.2, -0.15) is 0 Å². The second-order valence-electron chi connectivity index (χ2n) is 6.13. The highest BCUT2D eigenvalue weighted by Gasteiger charge is 2.19. The highest BCUT2D eigenvalue weighted by atomic mass is 35.5. The molecule has 0 radical (unpaired) electrons. The lowest BCUT2D eigenvalue weighted by Gasteiger charge is -2.20. The lowest BCUT2D eigenvalue weighted by Crippen LogP contribution is -2.05. The van der Waals surface area contributed by atoms with Crippen molar-refractivity contribution in [2.45, 2.75) is 16.7 Å². The molecule has 1 atom stereocenters. The Balaban J connectivity index is 1.78. The molecule has 1 heterocycles. The highest BCUT2D eigenvalue weighted by molar-refractivity contribution is 7.99. The summed E-state index contributed by atoms with van der Waals surface area (Å²) in [7, 11) is 0. The smallest absolute Gasteiger partial charge is 0.0946 e. The molecule has 0 spiro atoms. The molecule has 0 bridgehead atoms. The summed E-state index contributed by atoms with van der Waals surface area (Å²) in [5, 5.41) is 4.13. The molecule has 1 aromatic heterocycles. The quantitative estimate of drug-likeness (QED) is 0.239. The summed E-state index contributed by atoms with van der Waals surface area (Å²) >= 11 is 20.5. The van der Waals surface area contributed by atoms with Crippen molar-refractivity contribution in [2.75, 3.05) is 0 Å². The molecule has 1 unspecified atom stereocenters. The summed E-state index contributed by atoms with van der Waals surface area (Å²) in [6, 6.07) is 18.3. The number of aromatic nitrogens is 2. The molecule has 4 rings (SSSR count). The predicted octanol–water partition coefficient (Wildman–Crippen LogP) is 7.53. The van der Waals surface area contributed by atoms with Crippen LogP contribution >= 0.6 is 46.6 Å². The van der Waals surface area contributed by atoms with Gasteiger partial charge in [-0.15, -0.1) is 11.8 Å². The van der Waals surface area contributed by atoms with E-state index in [0.29, 0.717) is 15.1 Å². The van der Waals surface area contributed by atoms with E-state index in [4.69, 9.17) is 34.8 Å². The number of fused-ring (bicyclic) bond motifs is 1. The Morgan fingerprint density at radius 2 is 1.70 bits per heavy atom. The van der Waals surface area contributed by atoms with Crippen molar-refractivity contribution in [1.29, 1.82) is 0 Å². The average Bonchev–Trinajstić information content (AvgIpc) is 3.18. The topological polar surface area (TPSA) is 17.8 Å². The van der Waals surface area contributed by atoms with E-state index in [2.05, 4.69) is 52.0 Å². The first kappa shape index (κ1) is 18.7. The fraction of sp³-hybridized carbons (Fsp3) is 0.0952. The molecule has 0 aliphatic heterocycles. The van der Waals surface area contributed by atoms with Gasteiger partial charge in [-0.1, -0.05) is 77.3 Å². The molecule has 3 aromatic carbocycles. The molecule has 0 amide bonds. The zero-order valence-electron chi connectivity index (χ0n) is 14.1. The van der Waals surface area contributed by atoms with Gasteiger partial charge in [0.25, 0.3) is 0 Å². The molecule has 27 heavy (non-hydrogen) atoms. The van der Waals surface area contributed by atoms with E-state index in [1.54, 1.807) is 24.0 Å². The van der Waals surface area contributed by atoms with Crippen molar-refractivity contribution in [2.24, 2.45) is 0 Å². The van der Waals surface area contributed by atoms with Crippen molar-refractivity contribution in [3.63, 3.8) is 0 Å². The largest absolute Gasteiger partial charge is 0.336 e. The number of imidazole rings is 1. The Hall–Kier alpha value is -1.65. The minimum absolute atomic E-state index is 0.125. The number of hydrogen-bond acceptors (Lipinski definition) is 2. The summed E-state index contributed by atoms with van der Waals surface area (Å²) in [6.07, 6.45) is 5.58. The van der Waals surface area contributed by atoms with Crippen LogP contribution in [0.15, 0.2) is 78.2 Å². The van der Waals surface area contributed by atoms with Crippen LogP contribution in [0.4, 0.5) is 0 Å². The molecule has 136 valence electrons. The van der Waals surface area contributed by atoms with Crippen LogP contribution in [0.3, 0.4) is 0 Å². The van der Waals surface area contributed by atoms with Crippen LogP contribution in [-0.2, 0) is 6.54 Å². The Morgan fingerprint density at radius 3 is 2.52 bits per heavy atom. The number of hydrogen-bond donors (Lipinski definition) is 0. The van der Waals surface area contributed by atoms with E-state index in [0.717, 1.165) is 11.4 Å². The zero-order chi connectivity index (χ0) is 18.8. The molecular formula is C21H15Cl3N2S. The number of thioether (sulfide) groups is 1. The molecule has 0 N–H and O–H groups in total. The molecule has 0 fully saturated rings. The second-order valence-corrected chi connectivity index (χ2v) is 8.60. The Labute approximate surface area is 177 Å². The van der Waals surface area contributed by atoms with Crippen molar-refractivity contribution < 1.29 is 0 Å². The number of halogens is 3. The van der Waals surface area contributed by atoms with Crippen LogP contribution in [0.5, 0.6) is 0 Å². The number of benzene rings is 3. The van der Waals surface area contributed by atoms with Gasteiger partial charge in [-0.25, -0.2) is 4.98 Å². The van der Waals surface area contributed by atoms with Crippen LogP contribution in [0.1, 0.15) is 10.8 Å². The van der Waals surface area contributed by atoms with Gasteiger partial charge >= 0.3 is 0 Å². The van der Waals surface area contributed by atoms with Crippen molar-refractivity contribution in [3.8, 4) is 0 Å². The van der Waals surface area contributed by atoms with Crippen LogP contribution in [0.25, 0.3) is 10.8 Å². The first-order chi connectivity index (χ1) is 13.1. The van der Waals surface area contributed by atoms with Crippen LogP contribution in [-0.4, -0.2) is 9.55 Å².